The summed E-state index contributed by atoms with van der Waals surface area (Å²) in [7, 11) is 0. The second-order valence-corrected chi connectivity index (χ2v) is 8.33. The number of rotatable bonds is 8. The minimum atomic E-state index is -1.42. The summed E-state index contributed by atoms with van der Waals surface area (Å²) in [6.07, 6.45) is 0. The van der Waals surface area contributed by atoms with Crippen molar-refractivity contribution in [3.8, 4) is 5.75 Å². The summed E-state index contributed by atoms with van der Waals surface area (Å²) < 4.78 is 9.51. The molecule has 0 aliphatic rings. The smallest absolute Gasteiger partial charge is 0.385 e. The van der Waals surface area contributed by atoms with E-state index in [2.05, 4.69) is 4.74 Å². The van der Waals surface area contributed by atoms with Crippen molar-refractivity contribution >= 4 is 46.9 Å². The third-order valence-electron chi connectivity index (χ3n) is 4.98. The van der Waals surface area contributed by atoms with E-state index in [9.17, 15) is 28.8 Å². The Bertz CT molecular complexity index is 1520. The van der Waals surface area contributed by atoms with Crippen molar-refractivity contribution < 1.29 is 43.3 Å². The molecule has 4 rings (SSSR count). The zero-order valence-electron chi connectivity index (χ0n) is 22.3. The fraction of sp³-hybridized carbons (Fsp3) is 0.0625. The first-order valence-corrected chi connectivity index (χ1v) is 12.7. The van der Waals surface area contributed by atoms with Crippen molar-refractivity contribution in [1.29, 1.82) is 0 Å². The van der Waals surface area contributed by atoms with Crippen LogP contribution in [0.15, 0.2) is 115 Å². The number of para-hydroxylation sites is 1. The van der Waals surface area contributed by atoms with E-state index in [0.717, 1.165) is 0 Å². The van der Waals surface area contributed by atoms with Gasteiger partial charge < -0.3 is 14.6 Å². The van der Waals surface area contributed by atoms with Gasteiger partial charge in [0.05, 0.1) is 11.6 Å². The number of ether oxygens (including phenoxy) is 2. The molecule has 9 nitrogen and oxygen atoms in total. The first kappa shape index (κ1) is 32.8. The Labute approximate surface area is 246 Å². The lowest BCUT2D eigenvalue weighted by molar-refractivity contribution is -0.137. The van der Waals surface area contributed by atoms with Gasteiger partial charge in [-0.2, -0.15) is 0 Å². The summed E-state index contributed by atoms with van der Waals surface area (Å²) in [6, 6.07) is 31.1. The highest BCUT2D eigenvalue weighted by molar-refractivity contribution is 6.45. The fourth-order valence-electron chi connectivity index (χ4n) is 3.01. The van der Waals surface area contributed by atoms with E-state index >= 15 is 0 Å². The van der Waals surface area contributed by atoms with Gasteiger partial charge >= 0.3 is 17.9 Å². The lowest BCUT2D eigenvalue weighted by atomic mass is 10.1. The van der Waals surface area contributed by atoms with Crippen molar-refractivity contribution in [2.45, 2.75) is 6.92 Å². The summed E-state index contributed by atoms with van der Waals surface area (Å²) in [6.45, 7) is 1.81. The van der Waals surface area contributed by atoms with Gasteiger partial charge in [-0.05, 0) is 31.2 Å². The highest BCUT2D eigenvalue weighted by Crippen LogP contribution is 2.16. The zero-order chi connectivity index (χ0) is 30.9. The van der Waals surface area contributed by atoms with Crippen LogP contribution < -0.4 is 4.74 Å². The normalized spacial score (nSPS) is 9.48. The zero-order valence-corrected chi connectivity index (χ0v) is 23.0. The number of halogens is 1. The molecule has 0 saturated carbocycles. The van der Waals surface area contributed by atoms with Gasteiger partial charge in [-0.1, -0.05) is 103 Å². The minimum Gasteiger partial charge on any atom is -0.475 e. The molecule has 4 aromatic carbocycles. The number of Topliss-reactive ketones (excluding diaryl/α,β-unsaturated/α-hetero) is 3. The molecule has 0 heterocycles. The van der Waals surface area contributed by atoms with Crippen LogP contribution in [0.4, 0.5) is 0 Å². The Hall–Kier alpha value is -5.41. The predicted octanol–water partition coefficient (Wildman–Crippen LogP) is 5.51. The lowest BCUT2D eigenvalue weighted by Gasteiger charge is -2.02. The third-order valence-corrected chi connectivity index (χ3v) is 5.31. The monoisotopic (exact) mass is 588 g/mol. The summed E-state index contributed by atoms with van der Waals surface area (Å²) in [5.41, 5.74) is 0.709. The predicted molar refractivity (Wildman–Crippen MR) is 154 cm³/mol. The molecule has 4 aromatic rings. The average Bonchev–Trinajstić information content (AvgIpc) is 3.02. The molecule has 1 N–H and O–H groups in total. The highest BCUT2D eigenvalue weighted by atomic mass is 35.5. The molecule has 0 radical (unpaired) electrons. The maximum atomic E-state index is 11.7. The van der Waals surface area contributed by atoms with Gasteiger partial charge in [0.25, 0.3) is 17.3 Å². The van der Waals surface area contributed by atoms with Crippen LogP contribution in [0.5, 0.6) is 5.75 Å². The summed E-state index contributed by atoms with van der Waals surface area (Å²) >= 11 is 5.73. The SMILES string of the molecule is CCOC(=O)C(=O)c1ccccc1Cl.O=C(O)C(=O)c1ccccc1.O=C(Oc1ccccc1)C(=O)c1ccccc1. The van der Waals surface area contributed by atoms with Crippen molar-refractivity contribution in [2.24, 2.45) is 0 Å². The number of benzene rings is 4. The van der Waals surface area contributed by atoms with Crippen LogP contribution in [0.3, 0.4) is 0 Å². The van der Waals surface area contributed by atoms with Crippen LogP contribution in [0.25, 0.3) is 0 Å². The van der Waals surface area contributed by atoms with Crippen molar-refractivity contribution in [3.05, 3.63) is 137 Å². The number of carboxylic acid groups (broad SMARTS) is 1. The summed E-state index contributed by atoms with van der Waals surface area (Å²) in [5, 5.41) is 8.54. The molecule has 10 heteroatoms. The van der Waals surface area contributed by atoms with Gasteiger partial charge in [-0.15, -0.1) is 0 Å². The van der Waals surface area contributed by atoms with Gasteiger partial charge in [-0.3, -0.25) is 14.4 Å². The topological polar surface area (TPSA) is 141 Å². The Balaban J connectivity index is 0.000000226. The number of hydrogen-bond acceptors (Lipinski definition) is 8. The Kier molecular flexibility index (Phi) is 13.5. The lowest BCUT2D eigenvalue weighted by Crippen LogP contribution is -2.20. The second kappa shape index (κ2) is 17.3. The van der Waals surface area contributed by atoms with Crippen LogP contribution in [0.2, 0.25) is 5.02 Å². The van der Waals surface area contributed by atoms with E-state index in [4.69, 9.17) is 21.4 Å². The second-order valence-electron chi connectivity index (χ2n) is 7.93. The van der Waals surface area contributed by atoms with Gasteiger partial charge in [0.1, 0.15) is 5.75 Å². The molecule has 0 bridgehead atoms. The first-order chi connectivity index (χ1) is 20.1. The molecule has 0 fully saturated rings. The first-order valence-electron chi connectivity index (χ1n) is 12.3. The standard InChI is InChI=1S/C14H10O3.C10H9ClO3.C8H6O3/c15-13(11-7-3-1-4-8-11)14(16)17-12-9-5-2-6-10-12;1-2-14-10(13)9(12)7-5-3-4-6-8(7)11;9-7(8(10)11)6-4-2-1-3-5-6/h1-10H;3-6H,2H2,1H3;1-5H,(H,10,11). The van der Waals surface area contributed by atoms with E-state index in [1.165, 1.54) is 18.2 Å². The van der Waals surface area contributed by atoms with Crippen LogP contribution in [0, 0.1) is 0 Å². The summed E-state index contributed by atoms with van der Waals surface area (Å²) in [5.74, 6) is -5.03. The van der Waals surface area contributed by atoms with E-state index < -0.39 is 35.3 Å². The number of hydrogen-bond donors (Lipinski definition) is 1. The number of carbonyl (C=O) groups excluding carboxylic acids is 5. The van der Waals surface area contributed by atoms with Gasteiger partial charge in [0, 0.05) is 16.7 Å². The van der Waals surface area contributed by atoms with Crippen LogP contribution in [0.1, 0.15) is 38.0 Å². The number of carbonyl (C=O) groups is 6. The van der Waals surface area contributed by atoms with E-state index in [1.807, 2.05) is 0 Å². The molecule has 0 aliphatic heterocycles. The van der Waals surface area contributed by atoms with E-state index in [0.29, 0.717) is 11.3 Å². The van der Waals surface area contributed by atoms with Gasteiger partial charge in [-0.25, -0.2) is 14.4 Å². The molecule has 0 aliphatic carbocycles. The number of ketones is 3. The van der Waals surface area contributed by atoms with Crippen LogP contribution >= 0.6 is 11.6 Å². The quantitative estimate of drug-likeness (QED) is 0.122. The molecule has 0 saturated heterocycles. The highest BCUT2D eigenvalue weighted by Gasteiger charge is 2.20. The van der Waals surface area contributed by atoms with Gasteiger partial charge in [0.2, 0.25) is 0 Å². The maximum absolute atomic E-state index is 11.7. The molecular weight excluding hydrogens is 564 g/mol. The Morgan fingerprint density at radius 2 is 1.05 bits per heavy atom. The Morgan fingerprint density at radius 1 is 0.595 bits per heavy atom. The Morgan fingerprint density at radius 3 is 1.52 bits per heavy atom. The van der Waals surface area contributed by atoms with Gasteiger partial charge in [0.15, 0.2) is 0 Å². The van der Waals surface area contributed by atoms with Crippen molar-refractivity contribution in [1.82, 2.24) is 0 Å². The number of carboxylic acids is 1. The molecule has 0 spiro atoms. The molecule has 0 unspecified atom stereocenters. The molecule has 0 aromatic heterocycles. The number of esters is 2. The van der Waals surface area contributed by atoms with E-state index in [1.54, 1.807) is 104 Å². The largest absolute Gasteiger partial charge is 0.475 e. The molecule has 42 heavy (non-hydrogen) atoms. The number of aliphatic carboxylic acids is 1. The van der Waals surface area contributed by atoms with Crippen molar-refractivity contribution in [3.63, 3.8) is 0 Å². The molecule has 214 valence electrons. The maximum Gasteiger partial charge on any atom is 0.385 e. The van der Waals surface area contributed by atoms with Crippen LogP contribution in [-0.4, -0.2) is 47.0 Å². The third kappa shape index (κ3) is 10.6. The minimum absolute atomic E-state index is 0.174. The summed E-state index contributed by atoms with van der Waals surface area (Å²) in [4.78, 5) is 66.6. The molecular formula is C32H25ClO9. The van der Waals surface area contributed by atoms with Crippen molar-refractivity contribution in [2.75, 3.05) is 6.61 Å². The molecule has 0 atom stereocenters. The van der Waals surface area contributed by atoms with Crippen LogP contribution in [-0.2, 0) is 19.1 Å². The van der Waals surface area contributed by atoms with E-state index in [-0.39, 0.29) is 22.8 Å². The average molecular weight is 589 g/mol. The molecule has 0 amide bonds. The fourth-order valence-corrected chi connectivity index (χ4v) is 3.24.